The van der Waals surface area contributed by atoms with E-state index in [1.165, 1.54) is 0 Å². The highest BCUT2D eigenvalue weighted by Gasteiger charge is 2.43. The molecular formula is C32H31NO5. The Morgan fingerprint density at radius 3 is 2.39 bits per heavy atom. The van der Waals surface area contributed by atoms with Crippen LogP contribution in [-0.2, 0) is 6.54 Å². The van der Waals surface area contributed by atoms with Crippen LogP contribution in [0.5, 0.6) is 11.5 Å². The molecule has 1 amide bonds. The van der Waals surface area contributed by atoms with E-state index in [0.717, 1.165) is 27.8 Å². The molecule has 0 radical (unpaired) electrons. The average molecular weight is 510 g/mol. The standard InChI is InChI=1S/C32H31NO5/c1-6-14-37-25-13-12-23(17-27(25)36-7-2)29-28-30(34)24-15-20(4)21(5)16-26(24)38-31(28)32(35)33(29)18-22-10-8-19(3)9-11-22/h6,8-13,15-17,29H,1,7,14,18H2,2-5H3. The molecule has 0 N–H and O–H groups in total. The van der Waals surface area contributed by atoms with Gasteiger partial charge in [-0.25, -0.2) is 0 Å². The van der Waals surface area contributed by atoms with Gasteiger partial charge in [-0.1, -0.05) is 48.6 Å². The normalized spacial score (nSPS) is 14.6. The molecule has 0 spiro atoms. The summed E-state index contributed by atoms with van der Waals surface area (Å²) >= 11 is 0. The van der Waals surface area contributed by atoms with Gasteiger partial charge in [0.05, 0.1) is 23.6 Å². The van der Waals surface area contributed by atoms with E-state index >= 15 is 0 Å². The molecule has 194 valence electrons. The van der Waals surface area contributed by atoms with Gasteiger partial charge >= 0.3 is 0 Å². The fraction of sp³-hybridized carbons (Fsp3) is 0.250. The molecule has 0 aliphatic carbocycles. The zero-order valence-corrected chi connectivity index (χ0v) is 22.2. The topological polar surface area (TPSA) is 69.0 Å². The van der Waals surface area contributed by atoms with E-state index in [4.69, 9.17) is 13.9 Å². The Morgan fingerprint density at radius 1 is 0.947 bits per heavy atom. The molecule has 0 saturated heterocycles. The lowest BCUT2D eigenvalue weighted by Crippen LogP contribution is -2.29. The second-order valence-electron chi connectivity index (χ2n) is 9.67. The van der Waals surface area contributed by atoms with Crippen LogP contribution in [0.15, 0.2) is 76.5 Å². The van der Waals surface area contributed by atoms with Crippen LogP contribution in [-0.4, -0.2) is 24.0 Å². The Kier molecular flexibility index (Phi) is 6.81. The molecule has 0 bridgehead atoms. The van der Waals surface area contributed by atoms with Crippen molar-refractivity contribution in [2.24, 2.45) is 0 Å². The van der Waals surface area contributed by atoms with Crippen molar-refractivity contribution in [3.05, 3.63) is 117 Å². The van der Waals surface area contributed by atoms with Gasteiger partial charge < -0.3 is 18.8 Å². The zero-order chi connectivity index (χ0) is 27.0. The number of nitrogens with zero attached hydrogens (tertiary/aromatic N) is 1. The highest BCUT2D eigenvalue weighted by atomic mass is 16.5. The molecule has 1 aliphatic heterocycles. The maximum atomic E-state index is 14.0. The molecular weight excluding hydrogens is 478 g/mol. The number of fused-ring (bicyclic) bond motifs is 2. The zero-order valence-electron chi connectivity index (χ0n) is 22.2. The molecule has 6 heteroatoms. The number of carbonyl (C=O) groups excluding carboxylic acids is 1. The first-order valence-electron chi connectivity index (χ1n) is 12.8. The molecule has 0 saturated carbocycles. The SMILES string of the molecule is C=CCOc1ccc(C2c3c(oc4cc(C)c(C)cc4c3=O)C(=O)N2Cc2ccc(C)cc2)cc1OCC. The monoisotopic (exact) mass is 509 g/mol. The third kappa shape index (κ3) is 4.47. The summed E-state index contributed by atoms with van der Waals surface area (Å²) in [6.45, 7) is 12.6. The van der Waals surface area contributed by atoms with Crippen LogP contribution >= 0.6 is 0 Å². The lowest BCUT2D eigenvalue weighted by Gasteiger charge is -2.26. The first-order valence-corrected chi connectivity index (χ1v) is 12.8. The van der Waals surface area contributed by atoms with E-state index in [0.29, 0.717) is 47.8 Å². The fourth-order valence-corrected chi connectivity index (χ4v) is 4.91. The Balaban J connectivity index is 1.71. The summed E-state index contributed by atoms with van der Waals surface area (Å²) in [5, 5.41) is 0.470. The van der Waals surface area contributed by atoms with Crippen molar-refractivity contribution >= 4 is 16.9 Å². The minimum Gasteiger partial charge on any atom is -0.490 e. The van der Waals surface area contributed by atoms with Gasteiger partial charge in [-0.15, -0.1) is 0 Å². The average Bonchev–Trinajstić information content (AvgIpc) is 3.17. The van der Waals surface area contributed by atoms with Crippen LogP contribution in [0.4, 0.5) is 0 Å². The van der Waals surface area contributed by atoms with Crippen molar-refractivity contribution in [3.63, 3.8) is 0 Å². The van der Waals surface area contributed by atoms with Crippen LogP contribution in [0.25, 0.3) is 11.0 Å². The van der Waals surface area contributed by atoms with Crippen LogP contribution in [0.3, 0.4) is 0 Å². The Hall–Kier alpha value is -4.32. The van der Waals surface area contributed by atoms with Crippen molar-refractivity contribution < 1.29 is 18.7 Å². The van der Waals surface area contributed by atoms with Gasteiger partial charge in [0.1, 0.15) is 12.2 Å². The second kappa shape index (κ2) is 10.2. The summed E-state index contributed by atoms with van der Waals surface area (Å²) < 4.78 is 17.8. The van der Waals surface area contributed by atoms with E-state index in [-0.39, 0.29) is 17.1 Å². The molecule has 1 aromatic heterocycles. The molecule has 2 heterocycles. The summed E-state index contributed by atoms with van der Waals surface area (Å²) in [6.07, 6.45) is 1.67. The van der Waals surface area contributed by atoms with Crippen molar-refractivity contribution in [3.8, 4) is 11.5 Å². The van der Waals surface area contributed by atoms with Gasteiger partial charge in [0.25, 0.3) is 5.91 Å². The quantitative estimate of drug-likeness (QED) is 0.256. The van der Waals surface area contributed by atoms with Gasteiger partial charge in [0, 0.05) is 6.54 Å². The maximum absolute atomic E-state index is 14.0. The second-order valence-corrected chi connectivity index (χ2v) is 9.67. The molecule has 38 heavy (non-hydrogen) atoms. The summed E-state index contributed by atoms with van der Waals surface area (Å²) in [7, 11) is 0. The number of benzene rings is 3. The van der Waals surface area contributed by atoms with Crippen molar-refractivity contribution in [1.82, 2.24) is 4.90 Å². The van der Waals surface area contributed by atoms with Crippen LogP contribution < -0.4 is 14.9 Å². The van der Waals surface area contributed by atoms with Gasteiger partial charge in [0.2, 0.25) is 5.76 Å². The van der Waals surface area contributed by atoms with E-state index < -0.39 is 6.04 Å². The van der Waals surface area contributed by atoms with Crippen molar-refractivity contribution in [2.75, 3.05) is 13.2 Å². The first-order chi connectivity index (χ1) is 18.3. The maximum Gasteiger partial charge on any atom is 0.291 e. The van der Waals surface area contributed by atoms with E-state index in [1.54, 1.807) is 11.0 Å². The fourth-order valence-electron chi connectivity index (χ4n) is 4.91. The molecule has 4 aromatic rings. The largest absolute Gasteiger partial charge is 0.490 e. The number of rotatable bonds is 8. The Labute approximate surface area is 222 Å². The number of hydrogen-bond acceptors (Lipinski definition) is 5. The molecule has 3 aromatic carbocycles. The van der Waals surface area contributed by atoms with Gasteiger partial charge in [0.15, 0.2) is 16.9 Å². The van der Waals surface area contributed by atoms with E-state index in [9.17, 15) is 9.59 Å². The van der Waals surface area contributed by atoms with Crippen LogP contribution in [0, 0.1) is 20.8 Å². The van der Waals surface area contributed by atoms with E-state index in [1.807, 2.05) is 82.3 Å². The highest BCUT2D eigenvalue weighted by molar-refractivity contribution is 5.99. The Morgan fingerprint density at radius 2 is 1.68 bits per heavy atom. The number of hydrogen-bond donors (Lipinski definition) is 0. The minimum absolute atomic E-state index is 0.0906. The smallest absolute Gasteiger partial charge is 0.291 e. The van der Waals surface area contributed by atoms with Crippen LogP contribution in [0.1, 0.15) is 56.9 Å². The third-order valence-corrected chi connectivity index (χ3v) is 7.00. The van der Waals surface area contributed by atoms with Crippen molar-refractivity contribution in [2.45, 2.75) is 40.3 Å². The number of carbonyl (C=O) groups is 1. The first kappa shape index (κ1) is 25.3. The minimum atomic E-state index is -0.645. The molecule has 6 nitrogen and oxygen atoms in total. The number of amides is 1. The summed E-state index contributed by atoms with van der Waals surface area (Å²) in [5.74, 6) is 0.891. The lowest BCUT2D eigenvalue weighted by atomic mass is 9.97. The van der Waals surface area contributed by atoms with Crippen molar-refractivity contribution in [1.29, 1.82) is 0 Å². The summed E-state index contributed by atoms with van der Waals surface area (Å²) in [5.41, 5.74) is 5.39. The predicted octanol–water partition coefficient (Wildman–Crippen LogP) is 6.43. The molecule has 1 unspecified atom stereocenters. The molecule has 1 aliphatic rings. The summed E-state index contributed by atoms with van der Waals surface area (Å²) in [6, 6.07) is 16.6. The lowest BCUT2D eigenvalue weighted by molar-refractivity contribution is 0.0714. The molecule has 5 rings (SSSR count). The predicted molar refractivity (Wildman–Crippen MR) is 148 cm³/mol. The highest BCUT2D eigenvalue weighted by Crippen LogP contribution is 2.42. The molecule has 0 fully saturated rings. The summed E-state index contributed by atoms with van der Waals surface area (Å²) in [4.78, 5) is 29.5. The molecule has 1 atom stereocenters. The number of aryl methyl sites for hydroxylation is 3. The van der Waals surface area contributed by atoms with Crippen LogP contribution in [0.2, 0.25) is 0 Å². The van der Waals surface area contributed by atoms with Gasteiger partial charge in [-0.3, -0.25) is 9.59 Å². The Bertz CT molecular complexity index is 1600. The van der Waals surface area contributed by atoms with E-state index in [2.05, 4.69) is 6.58 Å². The third-order valence-electron chi connectivity index (χ3n) is 7.00. The van der Waals surface area contributed by atoms with Gasteiger partial charge in [-0.05, 0) is 74.2 Å². The van der Waals surface area contributed by atoms with Gasteiger partial charge in [-0.2, -0.15) is 0 Å². The number of ether oxygens (including phenoxy) is 2.